The zero-order valence-electron chi connectivity index (χ0n) is 16.2. The molecule has 148 valence electrons. The van der Waals surface area contributed by atoms with E-state index in [1.54, 1.807) is 0 Å². The van der Waals surface area contributed by atoms with Gasteiger partial charge < -0.3 is 20.0 Å². The number of amides is 1. The molecule has 8 nitrogen and oxygen atoms in total. The number of aryl methyl sites for hydroxylation is 1. The summed E-state index contributed by atoms with van der Waals surface area (Å²) in [4.78, 5) is 40.0. The van der Waals surface area contributed by atoms with Crippen molar-refractivity contribution in [3.63, 3.8) is 0 Å². The summed E-state index contributed by atoms with van der Waals surface area (Å²) in [6.07, 6.45) is 4.98. The van der Waals surface area contributed by atoms with Crippen LogP contribution >= 0.6 is 0 Å². The van der Waals surface area contributed by atoms with Crippen molar-refractivity contribution < 1.29 is 24.6 Å². The second kappa shape index (κ2) is 10.4. The first-order chi connectivity index (χ1) is 12.6. The zero-order valence-corrected chi connectivity index (χ0v) is 16.2. The molecule has 1 aromatic heterocycles. The molecule has 1 aromatic rings. The number of carbonyl (C=O) groups is 3. The fourth-order valence-electron chi connectivity index (χ4n) is 2.74. The van der Waals surface area contributed by atoms with Crippen molar-refractivity contribution >= 4 is 17.8 Å². The summed E-state index contributed by atoms with van der Waals surface area (Å²) in [5, 5.41) is 15.6. The van der Waals surface area contributed by atoms with Crippen molar-refractivity contribution in [3.05, 3.63) is 41.2 Å². The molecule has 0 saturated heterocycles. The molecule has 1 atom stereocenters. The van der Waals surface area contributed by atoms with E-state index in [9.17, 15) is 14.4 Å². The molecule has 1 unspecified atom stereocenters. The number of rotatable bonds is 5. The SMILES string of the molecule is Cc1cnc2c(c1)C(=O)N(C)CC(CCN(C)C)C2.O=C(O)/C=C/C(=O)O. The Morgan fingerprint density at radius 2 is 1.89 bits per heavy atom. The highest BCUT2D eigenvalue weighted by Gasteiger charge is 2.26. The van der Waals surface area contributed by atoms with Crippen molar-refractivity contribution in [2.75, 3.05) is 34.2 Å². The lowest BCUT2D eigenvalue weighted by atomic mass is 9.98. The van der Waals surface area contributed by atoms with Crippen LogP contribution in [0.5, 0.6) is 0 Å². The molecule has 0 bridgehead atoms. The first-order valence-electron chi connectivity index (χ1n) is 8.59. The topological polar surface area (TPSA) is 111 Å². The minimum absolute atomic E-state index is 0.110. The Bertz CT molecular complexity index is 699. The molecule has 0 saturated carbocycles. The van der Waals surface area contributed by atoms with Crippen molar-refractivity contribution in [2.24, 2.45) is 5.92 Å². The van der Waals surface area contributed by atoms with Gasteiger partial charge in [-0.15, -0.1) is 0 Å². The molecule has 1 amide bonds. The second-order valence-corrected chi connectivity index (χ2v) is 6.86. The first kappa shape index (κ1) is 22.3. The lowest BCUT2D eigenvalue weighted by molar-refractivity contribution is -0.134. The normalized spacial score (nSPS) is 16.6. The summed E-state index contributed by atoms with van der Waals surface area (Å²) in [6.45, 7) is 3.85. The molecule has 1 aliphatic heterocycles. The van der Waals surface area contributed by atoms with Gasteiger partial charge in [-0.25, -0.2) is 9.59 Å². The summed E-state index contributed by atoms with van der Waals surface area (Å²) >= 11 is 0. The quantitative estimate of drug-likeness (QED) is 0.744. The molecule has 0 aliphatic carbocycles. The molecule has 1 aliphatic rings. The fraction of sp³-hybridized carbons (Fsp3) is 0.474. The van der Waals surface area contributed by atoms with Gasteiger partial charge in [0, 0.05) is 31.9 Å². The van der Waals surface area contributed by atoms with Gasteiger partial charge in [0.15, 0.2) is 0 Å². The number of nitrogens with zero attached hydrogens (tertiary/aromatic N) is 3. The Morgan fingerprint density at radius 3 is 2.41 bits per heavy atom. The van der Waals surface area contributed by atoms with Crippen LogP contribution in [0.1, 0.15) is 28.0 Å². The van der Waals surface area contributed by atoms with Crippen LogP contribution < -0.4 is 0 Å². The van der Waals surface area contributed by atoms with Crippen molar-refractivity contribution in [1.29, 1.82) is 0 Å². The number of carboxylic acids is 2. The minimum Gasteiger partial charge on any atom is -0.478 e. The Labute approximate surface area is 159 Å². The molecule has 2 N–H and O–H groups in total. The van der Waals surface area contributed by atoms with Crippen LogP contribution in [0.3, 0.4) is 0 Å². The largest absolute Gasteiger partial charge is 0.478 e. The van der Waals surface area contributed by atoms with Crippen LogP contribution in [-0.4, -0.2) is 77.1 Å². The average molecular weight is 377 g/mol. The van der Waals surface area contributed by atoms with Gasteiger partial charge in [-0.2, -0.15) is 0 Å². The number of aliphatic carboxylic acids is 2. The van der Waals surface area contributed by atoms with Gasteiger partial charge in [0.1, 0.15) is 0 Å². The molecule has 0 aromatic carbocycles. The summed E-state index contributed by atoms with van der Waals surface area (Å²) in [6, 6.07) is 1.97. The average Bonchev–Trinajstić information content (AvgIpc) is 2.69. The molecule has 0 spiro atoms. The summed E-state index contributed by atoms with van der Waals surface area (Å²) in [5.41, 5.74) is 2.80. The number of aromatic nitrogens is 1. The second-order valence-electron chi connectivity index (χ2n) is 6.86. The van der Waals surface area contributed by atoms with Gasteiger partial charge in [-0.05, 0) is 58.0 Å². The molecule has 2 rings (SSSR count). The van der Waals surface area contributed by atoms with Crippen molar-refractivity contribution in [3.8, 4) is 0 Å². The predicted octanol–water partition coefficient (Wildman–Crippen LogP) is 1.30. The lowest BCUT2D eigenvalue weighted by Gasteiger charge is -2.21. The summed E-state index contributed by atoms with van der Waals surface area (Å²) in [7, 11) is 6.06. The van der Waals surface area contributed by atoms with E-state index in [4.69, 9.17) is 10.2 Å². The monoisotopic (exact) mass is 377 g/mol. The van der Waals surface area contributed by atoms with Gasteiger partial charge in [-0.3, -0.25) is 9.78 Å². The van der Waals surface area contributed by atoms with Crippen LogP contribution in [0.4, 0.5) is 0 Å². The third-order valence-electron chi connectivity index (χ3n) is 4.05. The van der Waals surface area contributed by atoms with Crippen LogP contribution in [0.2, 0.25) is 0 Å². The number of carboxylic acid groups (broad SMARTS) is 2. The summed E-state index contributed by atoms with van der Waals surface area (Å²) in [5.74, 6) is -1.91. The maximum absolute atomic E-state index is 12.3. The number of hydrogen-bond acceptors (Lipinski definition) is 5. The third kappa shape index (κ3) is 8.00. The molecule has 27 heavy (non-hydrogen) atoms. The molecule has 0 fully saturated rings. The maximum Gasteiger partial charge on any atom is 0.328 e. The summed E-state index contributed by atoms with van der Waals surface area (Å²) < 4.78 is 0. The van der Waals surface area contributed by atoms with E-state index >= 15 is 0 Å². The Morgan fingerprint density at radius 1 is 1.30 bits per heavy atom. The predicted molar refractivity (Wildman–Crippen MR) is 101 cm³/mol. The first-order valence-corrected chi connectivity index (χ1v) is 8.59. The maximum atomic E-state index is 12.3. The van der Waals surface area contributed by atoms with E-state index in [1.165, 1.54) is 0 Å². The highest BCUT2D eigenvalue weighted by atomic mass is 16.4. The van der Waals surface area contributed by atoms with E-state index in [0.29, 0.717) is 18.1 Å². The highest BCUT2D eigenvalue weighted by Crippen LogP contribution is 2.22. The van der Waals surface area contributed by atoms with Gasteiger partial charge in [0.05, 0.1) is 11.3 Å². The zero-order chi connectivity index (χ0) is 20.6. The van der Waals surface area contributed by atoms with Gasteiger partial charge >= 0.3 is 11.9 Å². The van der Waals surface area contributed by atoms with E-state index in [2.05, 4.69) is 24.0 Å². The van der Waals surface area contributed by atoms with Crippen molar-refractivity contribution in [1.82, 2.24) is 14.8 Å². The standard InChI is InChI=1S/C15H23N3O.C4H4O4/c1-11-7-13-14(16-9-11)8-12(5-6-17(2)3)10-18(4)15(13)19;5-3(6)1-2-4(7)8/h7,9,12H,5-6,8,10H2,1-4H3;1-2H,(H,5,6)(H,7,8)/b;2-1+. The van der Waals surface area contributed by atoms with E-state index in [-0.39, 0.29) is 5.91 Å². The Balaban J connectivity index is 0.000000387. The fourth-order valence-corrected chi connectivity index (χ4v) is 2.74. The number of fused-ring (bicyclic) bond motifs is 1. The Hall–Kier alpha value is -2.74. The third-order valence-corrected chi connectivity index (χ3v) is 4.05. The van der Waals surface area contributed by atoms with Gasteiger partial charge in [0.25, 0.3) is 5.91 Å². The number of carbonyl (C=O) groups excluding carboxylic acids is 1. The van der Waals surface area contributed by atoms with Crippen LogP contribution in [0.25, 0.3) is 0 Å². The van der Waals surface area contributed by atoms with Gasteiger partial charge in [0.2, 0.25) is 0 Å². The molecular formula is C19H27N3O5. The highest BCUT2D eigenvalue weighted by molar-refractivity contribution is 5.95. The molecule has 8 heteroatoms. The minimum atomic E-state index is -1.26. The number of hydrogen-bond donors (Lipinski definition) is 2. The van der Waals surface area contributed by atoms with E-state index in [0.717, 1.165) is 42.8 Å². The van der Waals surface area contributed by atoms with Gasteiger partial charge in [-0.1, -0.05) is 0 Å². The molecular weight excluding hydrogens is 350 g/mol. The van der Waals surface area contributed by atoms with Crippen molar-refractivity contribution in [2.45, 2.75) is 19.8 Å². The van der Waals surface area contributed by atoms with Crippen LogP contribution in [0.15, 0.2) is 24.4 Å². The molecule has 2 heterocycles. The van der Waals surface area contributed by atoms with Crippen LogP contribution in [0, 0.1) is 12.8 Å². The lowest BCUT2D eigenvalue weighted by Crippen LogP contribution is -2.31. The number of pyridine rings is 1. The van der Waals surface area contributed by atoms with E-state index < -0.39 is 11.9 Å². The molecule has 0 radical (unpaired) electrons. The smallest absolute Gasteiger partial charge is 0.328 e. The van der Waals surface area contributed by atoms with Crippen LogP contribution in [-0.2, 0) is 16.0 Å². The van der Waals surface area contributed by atoms with E-state index in [1.807, 2.05) is 31.1 Å². The Kier molecular flexibility index (Phi) is 8.61.